The maximum absolute atomic E-state index is 11.6. The zero-order valence-electron chi connectivity index (χ0n) is 9.43. The van der Waals surface area contributed by atoms with Crippen LogP contribution in [0.15, 0.2) is 21.9 Å². The number of rotatable bonds is 2. The molecule has 0 saturated heterocycles. The monoisotopic (exact) mass is 245 g/mol. The van der Waals surface area contributed by atoms with Gasteiger partial charge in [-0.15, -0.1) is 10.2 Å². The number of H-pyrrole nitrogens is 2. The van der Waals surface area contributed by atoms with Crippen LogP contribution in [0.2, 0.25) is 0 Å². The molecule has 7 heteroatoms. The van der Waals surface area contributed by atoms with Crippen molar-refractivity contribution in [3.8, 4) is 11.3 Å². The second-order valence-electron chi connectivity index (χ2n) is 4.33. The SMILES string of the molecule is Nc1nnc(-c2c[nH]c(=O)[nH]c2=O)cc1C1CC1. The zero-order chi connectivity index (χ0) is 12.7. The summed E-state index contributed by atoms with van der Waals surface area (Å²) < 4.78 is 0. The molecule has 0 amide bonds. The first-order valence-corrected chi connectivity index (χ1v) is 5.60. The highest BCUT2D eigenvalue weighted by Crippen LogP contribution is 2.42. The van der Waals surface area contributed by atoms with E-state index >= 15 is 0 Å². The highest BCUT2D eigenvalue weighted by Gasteiger charge is 2.27. The molecule has 2 aromatic heterocycles. The predicted octanol–water partition coefficient (Wildman–Crippen LogP) is -0.0202. The lowest BCUT2D eigenvalue weighted by Gasteiger charge is -2.04. The van der Waals surface area contributed by atoms with E-state index in [9.17, 15) is 9.59 Å². The first-order valence-electron chi connectivity index (χ1n) is 5.60. The maximum Gasteiger partial charge on any atom is 0.325 e. The molecule has 1 aliphatic carbocycles. The van der Waals surface area contributed by atoms with E-state index in [0.717, 1.165) is 18.4 Å². The third-order valence-corrected chi connectivity index (χ3v) is 2.97. The minimum absolute atomic E-state index is 0.281. The lowest BCUT2D eigenvalue weighted by Crippen LogP contribution is -2.23. The molecule has 0 unspecified atom stereocenters. The Kier molecular flexibility index (Phi) is 2.26. The van der Waals surface area contributed by atoms with Gasteiger partial charge in [-0.3, -0.25) is 9.78 Å². The Morgan fingerprint density at radius 1 is 1.28 bits per heavy atom. The van der Waals surface area contributed by atoms with Gasteiger partial charge >= 0.3 is 5.69 Å². The van der Waals surface area contributed by atoms with Crippen molar-refractivity contribution in [2.24, 2.45) is 0 Å². The lowest BCUT2D eigenvalue weighted by atomic mass is 10.1. The van der Waals surface area contributed by atoms with Gasteiger partial charge < -0.3 is 10.7 Å². The van der Waals surface area contributed by atoms with E-state index in [0.29, 0.717) is 17.4 Å². The first kappa shape index (κ1) is 10.7. The number of hydrogen-bond acceptors (Lipinski definition) is 5. The van der Waals surface area contributed by atoms with Crippen molar-refractivity contribution in [1.82, 2.24) is 20.2 Å². The average Bonchev–Trinajstić information content (AvgIpc) is 3.14. The summed E-state index contributed by atoms with van der Waals surface area (Å²) in [6.45, 7) is 0. The van der Waals surface area contributed by atoms with Crippen LogP contribution in [0.4, 0.5) is 5.82 Å². The predicted molar refractivity (Wildman–Crippen MR) is 65.1 cm³/mol. The van der Waals surface area contributed by atoms with Gasteiger partial charge in [0.25, 0.3) is 5.56 Å². The van der Waals surface area contributed by atoms with E-state index < -0.39 is 11.2 Å². The van der Waals surface area contributed by atoms with Crippen molar-refractivity contribution >= 4 is 5.82 Å². The zero-order valence-corrected chi connectivity index (χ0v) is 9.43. The van der Waals surface area contributed by atoms with Crippen LogP contribution in [0.5, 0.6) is 0 Å². The summed E-state index contributed by atoms with van der Waals surface area (Å²) in [4.78, 5) is 27.2. The molecule has 2 heterocycles. The molecule has 2 aromatic rings. The number of nitrogens with two attached hydrogens (primary N) is 1. The van der Waals surface area contributed by atoms with E-state index in [1.807, 2.05) is 0 Å². The molecule has 1 aliphatic rings. The van der Waals surface area contributed by atoms with Crippen molar-refractivity contribution in [2.75, 3.05) is 5.73 Å². The van der Waals surface area contributed by atoms with Crippen LogP contribution in [0.1, 0.15) is 24.3 Å². The third-order valence-electron chi connectivity index (χ3n) is 2.97. The van der Waals surface area contributed by atoms with Gasteiger partial charge in [0.1, 0.15) is 11.5 Å². The molecule has 0 bridgehead atoms. The Morgan fingerprint density at radius 3 is 2.72 bits per heavy atom. The van der Waals surface area contributed by atoms with Crippen LogP contribution in [-0.2, 0) is 0 Å². The summed E-state index contributed by atoms with van der Waals surface area (Å²) in [5.41, 5.74) is 6.34. The maximum atomic E-state index is 11.6. The molecule has 0 aliphatic heterocycles. The number of nitrogen functional groups attached to an aromatic ring is 1. The second-order valence-corrected chi connectivity index (χ2v) is 4.33. The molecule has 3 rings (SSSR count). The van der Waals surface area contributed by atoms with Crippen molar-refractivity contribution in [2.45, 2.75) is 18.8 Å². The van der Waals surface area contributed by atoms with Gasteiger partial charge in [0.15, 0.2) is 0 Å². The Balaban J connectivity index is 2.14. The van der Waals surface area contributed by atoms with E-state index in [1.54, 1.807) is 6.07 Å². The molecule has 1 fully saturated rings. The van der Waals surface area contributed by atoms with Crippen LogP contribution in [0.25, 0.3) is 11.3 Å². The Labute approximate surface area is 101 Å². The van der Waals surface area contributed by atoms with Gasteiger partial charge in [-0.2, -0.15) is 0 Å². The lowest BCUT2D eigenvalue weighted by molar-refractivity contribution is 0.980. The van der Waals surface area contributed by atoms with Crippen LogP contribution < -0.4 is 17.0 Å². The molecule has 0 aromatic carbocycles. The summed E-state index contributed by atoms with van der Waals surface area (Å²) in [6, 6.07) is 1.77. The molecule has 0 radical (unpaired) electrons. The second kappa shape index (κ2) is 3.80. The van der Waals surface area contributed by atoms with Crippen molar-refractivity contribution < 1.29 is 0 Å². The summed E-state index contributed by atoms with van der Waals surface area (Å²) >= 11 is 0. The number of hydrogen-bond donors (Lipinski definition) is 3. The number of nitrogens with one attached hydrogen (secondary N) is 2. The molecule has 1 saturated carbocycles. The first-order chi connectivity index (χ1) is 8.65. The molecule has 7 nitrogen and oxygen atoms in total. The quantitative estimate of drug-likeness (QED) is 0.687. The molecular weight excluding hydrogens is 234 g/mol. The van der Waals surface area contributed by atoms with E-state index in [2.05, 4.69) is 20.2 Å². The fourth-order valence-corrected chi connectivity index (χ4v) is 1.87. The summed E-state index contributed by atoms with van der Waals surface area (Å²) in [5.74, 6) is 0.822. The summed E-state index contributed by atoms with van der Waals surface area (Å²) in [7, 11) is 0. The van der Waals surface area contributed by atoms with Crippen molar-refractivity contribution in [3.05, 3.63) is 38.7 Å². The van der Waals surface area contributed by atoms with Crippen LogP contribution in [0.3, 0.4) is 0 Å². The standard InChI is InChI=1S/C11H11N5O2/c12-9-6(5-1-2-5)3-8(15-16-9)7-4-13-11(18)14-10(7)17/h3-5H,1-2H2,(H2,12,16)(H2,13,14,17,18). The average molecular weight is 245 g/mol. The van der Waals surface area contributed by atoms with Crippen LogP contribution in [-0.4, -0.2) is 20.2 Å². The molecule has 92 valence electrons. The molecule has 4 N–H and O–H groups in total. The summed E-state index contributed by atoms with van der Waals surface area (Å²) in [6.07, 6.45) is 3.49. The highest BCUT2D eigenvalue weighted by molar-refractivity contribution is 5.60. The fourth-order valence-electron chi connectivity index (χ4n) is 1.87. The van der Waals surface area contributed by atoms with Crippen LogP contribution >= 0.6 is 0 Å². The fraction of sp³-hybridized carbons (Fsp3) is 0.273. The Morgan fingerprint density at radius 2 is 2.06 bits per heavy atom. The number of aromatic nitrogens is 4. The van der Waals surface area contributed by atoms with Crippen molar-refractivity contribution in [3.63, 3.8) is 0 Å². The largest absolute Gasteiger partial charge is 0.382 e. The Bertz CT molecular complexity index is 714. The molecular formula is C11H11N5O2. The number of nitrogens with zero attached hydrogens (tertiary/aromatic N) is 2. The van der Waals surface area contributed by atoms with Gasteiger partial charge in [0.2, 0.25) is 0 Å². The van der Waals surface area contributed by atoms with E-state index in [1.165, 1.54) is 6.20 Å². The molecule has 0 atom stereocenters. The van der Waals surface area contributed by atoms with Gasteiger partial charge in [0.05, 0.1) is 5.56 Å². The highest BCUT2D eigenvalue weighted by atomic mass is 16.2. The normalized spacial score (nSPS) is 14.7. The minimum Gasteiger partial charge on any atom is -0.382 e. The minimum atomic E-state index is -0.547. The van der Waals surface area contributed by atoms with E-state index in [4.69, 9.17) is 5.73 Å². The van der Waals surface area contributed by atoms with E-state index in [-0.39, 0.29) is 5.56 Å². The Hall–Kier alpha value is -2.44. The summed E-state index contributed by atoms with van der Waals surface area (Å²) in [5, 5.41) is 7.76. The smallest absolute Gasteiger partial charge is 0.325 e. The van der Waals surface area contributed by atoms with Gasteiger partial charge in [-0.1, -0.05) is 0 Å². The number of aromatic amines is 2. The topological polar surface area (TPSA) is 118 Å². The number of anilines is 1. The van der Waals surface area contributed by atoms with Crippen molar-refractivity contribution in [1.29, 1.82) is 0 Å². The third kappa shape index (κ3) is 1.79. The van der Waals surface area contributed by atoms with Gasteiger partial charge in [-0.25, -0.2) is 4.79 Å². The van der Waals surface area contributed by atoms with Crippen LogP contribution in [0, 0.1) is 0 Å². The van der Waals surface area contributed by atoms with Gasteiger partial charge in [0, 0.05) is 11.8 Å². The van der Waals surface area contributed by atoms with Gasteiger partial charge in [-0.05, 0) is 24.8 Å². The molecule has 0 spiro atoms. The molecule has 18 heavy (non-hydrogen) atoms.